The summed E-state index contributed by atoms with van der Waals surface area (Å²) in [5.41, 5.74) is 0. The third-order valence-corrected chi connectivity index (χ3v) is 7.14. The lowest BCUT2D eigenvalue weighted by atomic mass is 9.86. The number of fused-ring (bicyclic) bond motifs is 2. The monoisotopic (exact) mass is 367 g/mol. The van der Waals surface area contributed by atoms with Crippen LogP contribution in [0.5, 0.6) is 0 Å². The summed E-state index contributed by atoms with van der Waals surface area (Å²) in [6, 6.07) is 4.17. The number of amides is 1. The number of hydrogen-bond donors (Lipinski definition) is 1. The molecule has 0 spiro atoms. The molecule has 6 heteroatoms. The molecule has 132 valence electrons. The van der Waals surface area contributed by atoms with Crippen molar-refractivity contribution in [2.75, 3.05) is 18.9 Å². The van der Waals surface area contributed by atoms with Crippen molar-refractivity contribution in [3.8, 4) is 0 Å². The van der Waals surface area contributed by atoms with Gasteiger partial charge >= 0.3 is 5.97 Å². The maximum Gasteiger partial charge on any atom is 0.306 e. The van der Waals surface area contributed by atoms with E-state index in [-0.39, 0.29) is 18.5 Å². The van der Waals surface area contributed by atoms with Crippen LogP contribution in [0.25, 0.3) is 0 Å². The Morgan fingerprint density at radius 3 is 2.96 bits per heavy atom. The van der Waals surface area contributed by atoms with Crippen LogP contribution < -0.4 is 5.32 Å². The van der Waals surface area contributed by atoms with Gasteiger partial charge in [0.15, 0.2) is 6.61 Å². The number of carbonyl (C=O) groups is 2. The highest BCUT2D eigenvalue weighted by atomic mass is 32.2. The molecule has 0 aromatic carbocycles. The number of rotatable bonds is 9. The molecule has 0 saturated heterocycles. The van der Waals surface area contributed by atoms with Crippen LogP contribution in [0.4, 0.5) is 0 Å². The second-order valence-corrected chi connectivity index (χ2v) is 8.92. The fourth-order valence-corrected chi connectivity index (χ4v) is 5.63. The molecule has 1 aromatic rings. The van der Waals surface area contributed by atoms with Gasteiger partial charge in [0.2, 0.25) is 0 Å². The summed E-state index contributed by atoms with van der Waals surface area (Å²) in [6.45, 7) is 0.466. The van der Waals surface area contributed by atoms with Crippen molar-refractivity contribution >= 4 is 35.0 Å². The molecule has 2 bridgehead atoms. The summed E-state index contributed by atoms with van der Waals surface area (Å²) in [7, 11) is 0. The molecule has 4 nitrogen and oxygen atoms in total. The predicted octanol–water partition coefficient (Wildman–Crippen LogP) is 3.47. The fraction of sp³-hybridized carbons (Fsp3) is 0.667. The van der Waals surface area contributed by atoms with Crippen molar-refractivity contribution in [1.29, 1.82) is 0 Å². The molecule has 1 heterocycles. The maximum absolute atomic E-state index is 11.9. The Bertz CT molecular complexity index is 546. The molecule has 2 aliphatic rings. The fourth-order valence-electron chi connectivity index (χ4n) is 3.93. The highest BCUT2D eigenvalue weighted by Crippen LogP contribution is 2.49. The molecule has 0 unspecified atom stereocenters. The highest BCUT2D eigenvalue weighted by Gasteiger charge is 2.40. The van der Waals surface area contributed by atoms with Gasteiger partial charge in [0.25, 0.3) is 5.91 Å². The van der Waals surface area contributed by atoms with Crippen molar-refractivity contribution in [2.45, 2.75) is 37.9 Å². The van der Waals surface area contributed by atoms with E-state index in [2.05, 4.69) is 16.8 Å². The molecule has 1 aromatic heterocycles. The molecule has 0 aliphatic heterocycles. The summed E-state index contributed by atoms with van der Waals surface area (Å²) in [4.78, 5) is 24.9. The average molecular weight is 368 g/mol. The molecule has 24 heavy (non-hydrogen) atoms. The topological polar surface area (TPSA) is 55.4 Å². The Hall–Kier alpha value is -1.01. The van der Waals surface area contributed by atoms with E-state index in [1.54, 1.807) is 23.1 Å². The van der Waals surface area contributed by atoms with E-state index in [4.69, 9.17) is 4.74 Å². The van der Waals surface area contributed by atoms with Gasteiger partial charge in [-0.15, -0.1) is 11.3 Å². The number of ether oxygens (including phenoxy) is 1. The van der Waals surface area contributed by atoms with Gasteiger partial charge in [0, 0.05) is 29.3 Å². The van der Waals surface area contributed by atoms with E-state index >= 15 is 0 Å². The Balaban J connectivity index is 1.21. The number of thiophene rings is 1. The van der Waals surface area contributed by atoms with E-state index in [9.17, 15) is 9.59 Å². The van der Waals surface area contributed by atoms with Gasteiger partial charge in [0.05, 0.1) is 0 Å². The van der Waals surface area contributed by atoms with Gasteiger partial charge in [-0.3, -0.25) is 9.59 Å². The van der Waals surface area contributed by atoms with E-state index in [1.165, 1.54) is 30.6 Å². The zero-order valence-corrected chi connectivity index (χ0v) is 15.5. The van der Waals surface area contributed by atoms with Crippen LogP contribution in [-0.2, 0) is 20.1 Å². The Morgan fingerprint density at radius 1 is 1.33 bits per heavy atom. The van der Waals surface area contributed by atoms with Crippen molar-refractivity contribution < 1.29 is 14.3 Å². The number of esters is 1. The van der Waals surface area contributed by atoms with E-state index < -0.39 is 0 Å². The first-order valence-corrected chi connectivity index (χ1v) is 10.8. The zero-order chi connectivity index (χ0) is 16.8. The number of carbonyl (C=O) groups excluding carboxylic acids is 2. The van der Waals surface area contributed by atoms with Gasteiger partial charge in [-0.1, -0.05) is 12.5 Å². The summed E-state index contributed by atoms with van der Waals surface area (Å²) in [5.74, 6) is 3.48. The lowest BCUT2D eigenvalue weighted by Crippen LogP contribution is -2.31. The van der Waals surface area contributed by atoms with Crippen LogP contribution in [0.1, 0.15) is 37.0 Å². The highest BCUT2D eigenvalue weighted by molar-refractivity contribution is 7.98. The zero-order valence-electron chi connectivity index (χ0n) is 13.9. The molecule has 0 radical (unpaired) electrons. The molecule has 2 fully saturated rings. The van der Waals surface area contributed by atoms with Crippen LogP contribution in [0.3, 0.4) is 0 Å². The van der Waals surface area contributed by atoms with Gasteiger partial charge in [-0.05, 0) is 48.5 Å². The minimum atomic E-state index is -0.213. The third-order valence-electron chi connectivity index (χ3n) is 5.07. The number of nitrogens with one attached hydrogen (secondary N) is 1. The van der Waals surface area contributed by atoms with Crippen LogP contribution in [0.15, 0.2) is 17.5 Å². The van der Waals surface area contributed by atoms with E-state index in [1.807, 2.05) is 6.07 Å². The molecule has 1 N–H and O–H groups in total. The Morgan fingerprint density at radius 2 is 2.25 bits per heavy atom. The Kier molecular flexibility index (Phi) is 6.60. The first-order chi connectivity index (χ1) is 11.7. The molecular formula is C18H25NO3S2. The normalized spacial score (nSPS) is 24.9. The second-order valence-electron chi connectivity index (χ2n) is 6.78. The lowest BCUT2D eigenvalue weighted by molar-refractivity contribution is -0.149. The predicted molar refractivity (Wildman–Crippen MR) is 98.0 cm³/mol. The van der Waals surface area contributed by atoms with Crippen LogP contribution in [0, 0.1) is 17.8 Å². The standard InChI is InChI=1S/C18H25NO3S2/c20-17(19-5-7-23-12-16-2-1-6-24-16)11-22-18(21)10-15-9-13-3-4-14(15)8-13/h1-2,6,13-15H,3-5,7-12H2,(H,19,20)/t13-,14+,15-/m0/s1. The largest absolute Gasteiger partial charge is 0.456 e. The van der Waals surface area contributed by atoms with Crippen LogP contribution >= 0.6 is 23.1 Å². The molecular weight excluding hydrogens is 342 g/mol. The molecule has 3 atom stereocenters. The van der Waals surface area contributed by atoms with Crippen LogP contribution in [-0.4, -0.2) is 30.8 Å². The van der Waals surface area contributed by atoms with Crippen LogP contribution in [0.2, 0.25) is 0 Å². The quantitative estimate of drug-likeness (QED) is 0.536. The van der Waals surface area contributed by atoms with Gasteiger partial charge < -0.3 is 10.1 Å². The smallest absolute Gasteiger partial charge is 0.306 e. The average Bonchev–Trinajstić information content (AvgIpc) is 3.30. The van der Waals surface area contributed by atoms with E-state index in [0.717, 1.165) is 23.3 Å². The summed E-state index contributed by atoms with van der Waals surface area (Å²) in [6.07, 6.45) is 5.56. The van der Waals surface area contributed by atoms with Gasteiger partial charge in [-0.25, -0.2) is 0 Å². The SMILES string of the molecule is O=C(COC(=O)C[C@@H]1C[C@H]2CC[C@@H]1C2)NCCSCc1cccs1. The van der Waals surface area contributed by atoms with Crippen molar-refractivity contribution in [3.05, 3.63) is 22.4 Å². The minimum Gasteiger partial charge on any atom is -0.456 e. The molecule has 1 amide bonds. The molecule has 3 rings (SSSR count). The third kappa shape index (κ3) is 5.24. The lowest BCUT2D eigenvalue weighted by Gasteiger charge is -2.20. The number of hydrogen-bond acceptors (Lipinski definition) is 5. The number of thioether (sulfide) groups is 1. The Labute approximate surface area is 151 Å². The first-order valence-electron chi connectivity index (χ1n) is 8.73. The second kappa shape index (κ2) is 8.90. The van der Waals surface area contributed by atoms with Crippen molar-refractivity contribution in [3.63, 3.8) is 0 Å². The van der Waals surface area contributed by atoms with Crippen molar-refractivity contribution in [2.24, 2.45) is 17.8 Å². The van der Waals surface area contributed by atoms with Gasteiger partial charge in [-0.2, -0.15) is 11.8 Å². The first kappa shape index (κ1) is 17.8. The summed E-state index contributed by atoms with van der Waals surface area (Å²) >= 11 is 3.54. The summed E-state index contributed by atoms with van der Waals surface area (Å²) in [5, 5.41) is 4.88. The van der Waals surface area contributed by atoms with E-state index in [0.29, 0.717) is 18.9 Å². The molecule has 2 aliphatic carbocycles. The summed E-state index contributed by atoms with van der Waals surface area (Å²) < 4.78 is 5.13. The minimum absolute atomic E-state index is 0.144. The van der Waals surface area contributed by atoms with Crippen molar-refractivity contribution in [1.82, 2.24) is 5.32 Å². The maximum atomic E-state index is 11.9. The van der Waals surface area contributed by atoms with Gasteiger partial charge in [0.1, 0.15) is 0 Å². The molecule has 2 saturated carbocycles.